The predicted molar refractivity (Wildman–Crippen MR) is 100 cm³/mol. The number of rotatable bonds is 5. The van der Waals surface area contributed by atoms with Crippen LogP contribution >= 0.6 is 0 Å². The van der Waals surface area contributed by atoms with Crippen molar-refractivity contribution in [2.24, 2.45) is 0 Å². The van der Waals surface area contributed by atoms with Crippen LogP contribution in [0.1, 0.15) is 52.4 Å². The molecule has 0 bridgehead atoms. The largest absolute Gasteiger partial charge is 0.508 e. The van der Waals surface area contributed by atoms with Gasteiger partial charge in [-0.15, -0.1) is 0 Å². The minimum Gasteiger partial charge on any atom is -0.508 e. The third-order valence-corrected chi connectivity index (χ3v) is 4.69. The summed E-state index contributed by atoms with van der Waals surface area (Å²) in [4.78, 5) is 12.8. The van der Waals surface area contributed by atoms with E-state index in [0.29, 0.717) is 34.6 Å². The Balaban J connectivity index is 2.14. The third kappa shape index (κ3) is 3.45. The van der Waals surface area contributed by atoms with Crippen LogP contribution in [0, 0.1) is 20.8 Å². The van der Waals surface area contributed by atoms with E-state index in [1.165, 1.54) is 6.07 Å². The van der Waals surface area contributed by atoms with Gasteiger partial charge in [-0.05, 0) is 50.5 Å². The van der Waals surface area contributed by atoms with Gasteiger partial charge in [-0.1, -0.05) is 13.3 Å². The standard InChI is InChI=1S/C21H24O6/c1-5-6-7-25-10-14-16(23)8-11(2)17-20(14)26-18-12(3)9-15(22)13(4)19(18)27-21(17)24/h8-9,22-23H,5-7,10H2,1-4H3. The predicted octanol–water partition coefficient (Wildman–Crippen LogP) is 4.66. The zero-order valence-corrected chi connectivity index (χ0v) is 16.0. The smallest absolute Gasteiger partial charge is 0.347 e. The number of unbranched alkanes of at least 4 members (excludes halogenated alkanes) is 1. The third-order valence-electron chi connectivity index (χ3n) is 4.69. The zero-order chi connectivity index (χ0) is 19.7. The van der Waals surface area contributed by atoms with Crippen molar-refractivity contribution in [2.45, 2.75) is 47.1 Å². The summed E-state index contributed by atoms with van der Waals surface area (Å²) in [6, 6.07) is 3.06. The lowest BCUT2D eigenvalue weighted by atomic mass is 10.0. The average molecular weight is 372 g/mol. The van der Waals surface area contributed by atoms with Crippen LogP contribution in [0.5, 0.6) is 28.7 Å². The van der Waals surface area contributed by atoms with Gasteiger partial charge in [0.05, 0.1) is 12.2 Å². The number of benzene rings is 2. The quantitative estimate of drug-likeness (QED) is 0.451. The molecule has 6 heteroatoms. The summed E-state index contributed by atoms with van der Waals surface area (Å²) in [5.74, 6) is 0.205. The molecule has 144 valence electrons. The van der Waals surface area contributed by atoms with Crippen LogP contribution < -0.4 is 9.47 Å². The molecule has 0 aromatic heterocycles. The maximum atomic E-state index is 12.8. The van der Waals surface area contributed by atoms with Gasteiger partial charge in [0.25, 0.3) is 0 Å². The van der Waals surface area contributed by atoms with E-state index in [1.54, 1.807) is 26.8 Å². The van der Waals surface area contributed by atoms with Gasteiger partial charge in [0, 0.05) is 12.2 Å². The lowest BCUT2D eigenvalue weighted by Crippen LogP contribution is -2.11. The van der Waals surface area contributed by atoms with Gasteiger partial charge in [-0.2, -0.15) is 0 Å². The number of hydrogen-bond acceptors (Lipinski definition) is 6. The number of carbonyl (C=O) groups excluding carboxylic acids is 1. The van der Waals surface area contributed by atoms with Crippen LogP contribution in [0.4, 0.5) is 0 Å². The summed E-state index contributed by atoms with van der Waals surface area (Å²) in [7, 11) is 0. The van der Waals surface area contributed by atoms with E-state index < -0.39 is 5.97 Å². The van der Waals surface area contributed by atoms with Crippen LogP contribution in [0.25, 0.3) is 0 Å². The Bertz CT molecular complexity index is 901. The summed E-state index contributed by atoms with van der Waals surface area (Å²) < 4.78 is 17.3. The molecule has 2 aromatic rings. The molecule has 0 fully saturated rings. The second-order valence-corrected chi connectivity index (χ2v) is 6.79. The first-order valence-electron chi connectivity index (χ1n) is 9.01. The van der Waals surface area contributed by atoms with Gasteiger partial charge in [-0.25, -0.2) is 4.79 Å². The van der Waals surface area contributed by atoms with Crippen molar-refractivity contribution in [3.63, 3.8) is 0 Å². The summed E-state index contributed by atoms with van der Waals surface area (Å²) in [6.07, 6.45) is 1.90. The minimum absolute atomic E-state index is 0.00662. The Hall–Kier alpha value is -2.73. The fourth-order valence-electron chi connectivity index (χ4n) is 3.08. The zero-order valence-electron chi connectivity index (χ0n) is 16.0. The fourth-order valence-corrected chi connectivity index (χ4v) is 3.08. The fraction of sp³-hybridized carbons (Fsp3) is 0.381. The molecule has 0 saturated heterocycles. The first-order valence-corrected chi connectivity index (χ1v) is 9.01. The molecule has 0 amide bonds. The molecule has 1 aliphatic heterocycles. The first kappa shape index (κ1) is 19.0. The highest BCUT2D eigenvalue weighted by molar-refractivity contribution is 5.98. The van der Waals surface area contributed by atoms with Crippen LogP contribution in [-0.4, -0.2) is 22.8 Å². The van der Waals surface area contributed by atoms with E-state index in [-0.39, 0.29) is 35.2 Å². The molecule has 2 aromatic carbocycles. The summed E-state index contributed by atoms with van der Waals surface area (Å²) >= 11 is 0. The number of hydrogen-bond donors (Lipinski definition) is 2. The van der Waals surface area contributed by atoms with E-state index in [0.717, 1.165) is 12.8 Å². The number of carbonyl (C=O) groups is 1. The first-order chi connectivity index (χ1) is 12.8. The maximum Gasteiger partial charge on any atom is 0.347 e. The molecule has 0 spiro atoms. The molecule has 1 aliphatic rings. The van der Waals surface area contributed by atoms with Crippen molar-refractivity contribution in [3.8, 4) is 28.7 Å². The Morgan fingerprint density at radius 1 is 0.963 bits per heavy atom. The van der Waals surface area contributed by atoms with E-state index >= 15 is 0 Å². The molecule has 2 N–H and O–H groups in total. The molecule has 0 radical (unpaired) electrons. The van der Waals surface area contributed by atoms with Crippen molar-refractivity contribution in [1.29, 1.82) is 0 Å². The van der Waals surface area contributed by atoms with Crippen molar-refractivity contribution in [1.82, 2.24) is 0 Å². The van der Waals surface area contributed by atoms with Gasteiger partial charge in [0.1, 0.15) is 17.1 Å². The molecule has 6 nitrogen and oxygen atoms in total. The molecule has 1 heterocycles. The van der Waals surface area contributed by atoms with Crippen LogP contribution in [0.3, 0.4) is 0 Å². The molecule has 0 atom stereocenters. The number of esters is 1. The van der Waals surface area contributed by atoms with Crippen molar-refractivity contribution in [3.05, 3.63) is 39.9 Å². The summed E-state index contributed by atoms with van der Waals surface area (Å²) in [5, 5.41) is 20.5. The molecular formula is C21H24O6. The van der Waals surface area contributed by atoms with Crippen LogP contribution in [-0.2, 0) is 11.3 Å². The topological polar surface area (TPSA) is 85.2 Å². The highest BCUT2D eigenvalue weighted by Crippen LogP contribution is 2.48. The molecular weight excluding hydrogens is 348 g/mol. The Morgan fingerprint density at radius 2 is 1.67 bits per heavy atom. The minimum atomic E-state index is -0.593. The van der Waals surface area contributed by atoms with Gasteiger partial charge in [-0.3, -0.25) is 0 Å². The number of fused-ring (bicyclic) bond motifs is 2. The number of aromatic hydroxyl groups is 2. The van der Waals surface area contributed by atoms with Crippen LogP contribution in [0.2, 0.25) is 0 Å². The highest BCUT2D eigenvalue weighted by Gasteiger charge is 2.31. The van der Waals surface area contributed by atoms with Gasteiger partial charge < -0.3 is 24.4 Å². The second-order valence-electron chi connectivity index (χ2n) is 6.79. The Kier molecular flexibility index (Phi) is 5.28. The second kappa shape index (κ2) is 7.48. The van der Waals surface area contributed by atoms with E-state index in [2.05, 4.69) is 6.92 Å². The molecule has 3 rings (SSSR count). The molecule has 0 unspecified atom stereocenters. The number of phenols is 2. The van der Waals surface area contributed by atoms with Crippen molar-refractivity contribution in [2.75, 3.05) is 6.61 Å². The molecule has 27 heavy (non-hydrogen) atoms. The summed E-state index contributed by atoms with van der Waals surface area (Å²) in [5.41, 5.74) is 2.22. The Morgan fingerprint density at radius 3 is 2.37 bits per heavy atom. The molecule has 0 saturated carbocycles. The average Bonchev–Trinajstić information content (AvgIpc) is 2.76. The SMILES string of the molecule is CCCCOCc1c(O)cc(C)c2c1Oc1c(C)cc(O)c(C)c1OC2=O. The van der Waals surface area contributed by atoms with Gasteiger partial charge in [0.2, 0.25) is 0 Å². The van der Waals surface area contributed by atoms with E-state index in [9.17, 15) is 15.0 Å². The van der Waals surface area contributed by atoms with Crippen molar-refractivity contribution >= 4 is 5.97 Å². The number of phenolic OH excluding ortho intramolecular Hbond substituents is 2. The number of aryl methyl sites for hydroxylation is 2. The van der Waals surface area contributed by atoms with E-state index in [1.807, 2.05) is 0 Å². The monoisotopic (exact) mass is 372 g/mol. The normalized spacial score (nSPS) is 12.7. The van der Waals surface area contributed by atoms with Gasteiger partial charge in [0.15, 0.2) is 17.2 Å². The van der Waals surface area contributed by atoms with E-state index in [4.69, 9.17) is 14.2 Å². The lowest BCUT2D eigenvalue weighted by molar-refractivity contribution is 0.0735. The summed E-state index contributed by atoms with van der Waals surface area (Å²) in [6.45, 7) is 7.84. The van der Waals surface area contributed by atoms with Crippen molar-refractivity contribution < 1.29 is 29.2 Å². The number of ether oxygens (including phenoxy) is 3. The lowest BCUT2D eigenvalue weighted by Gasteiger charge is -2.17. The molecule has 0 aliphatic carbocycles. The highest BCUT2D eigenvalue weighted by atomic mass is 16.6. The maximum absolute atomic E-state index is 12.8. The van der Waals surface area contributed by atoms with Crippen LogP contribution in [0.15, 0.2) is 12.1 Å². The van der Waals surface area contributed by atoms with Gasteiger partial charge >= 0.3 is 5.97 Å². The Labute approximate surface area is 158 Å².